The lowest BCUT2D eigenvalue weighted by Gasteiger charge is -2.16. The second kappa shape index (κ2) is 7.40. The zero-order chi connectivity index (χ0) is 12.7. The maximum atomic E-state index is 5.59. The van der Waals surface area contributed by atoms with E-state index in [1.807, 2.05) is 4.68 Å². The number of hydrogen-bond donors (Lipinski definition) is 2. The van der Waals surface area contributed by atoms with Gasteiger partial charge in [0.25, 0.3) is 0 Å². The van der Waals surface area contributed by atoms with Gasteiger partial charge < -0.3 is 0 Å². The summed E-state index contributed by atoms with van der Waals surface area (Å²) in [6.45, 7) is 6.43. The molecule has 0 aromatic carbocycles. The summed E-state index contributed by atoms with van der Waals surface area (Å²) in [5.41, 5.74) is 2.88. The zero-order valence-corrected chi connectivity index (χ0v) is 11.2. The standard InChI is InChI=1S/C12H25N5/c1-4-5-6-7-11(16-13)8-12-14-9-15-17(12)10(2)3/h9-11,16H,4-8,13H2,1-3H3. The summed E-state index contributed by atoms with van der Waals surface area (Å²) in [7, 11) is 0. The molecule has 5 nitrogen and oxygen atoms in total. The lowest BCUT2D eigenvalue weighted by molar-refractivity contribution is 0.431. The van der Waals surface area contributed by atoms with Gasteiger partial charge in [0.15, 0.2) is 0 Å². The normalized spacial score (nSPS) is 13.2. The number of rotatable bonds is 8. The molecular formula is C12H25N5. The molecule has 0 saturated carbocycles. The average molecular weight is 239 g/mol. The van der Waals surface area contributed by atoms with E-state index in [0.717, 1.165) is 18.7 Å². The summed E-state index contributed by atoms with van der Waals surface area (Å²) in [6.07, 6.45) is 7.26. The van der Waals surface area contributed by atoms with E-state index in [0.29, 0.717) is 12.1 Å². The molecule has 0 aliphatic rings. The fraction of sp³-hybridized carbons (Fsp3) is 0.833. The number of nitrogens with two attached hydrogens (primary N) is 1. The summed E-state index contributed by atoms with van der Waals surface area (Å²) < 4.78 is 1.96. The molecule has 3 N–H and O–H groups in total. The molecule has 1 rings (SSSR count). The van der Waals surface area contributed by atoms with Crippen LogP contribution in [0.1, 0.15) is 58.3 Å². The summed E-state index contributed by atoms with van der Waals surface area (Å²) in [6, 6.07) is 0.643. The molecule has 1 unspecified atom stereocenters. The Morgan fingerprint density at radius 3 is 2.76 bits per heavy atom. The van der Waals surface area contributed by atoms with Gasteiger partial charge in [0, 0.05) is 18.5 Å². The van der Waals surface area contributed by atoms with Crippen molar-refractivity contribution in [2.24, 2.45) is 5.84 Å². The monoisotopic (exact) mass is 239 g/mol. The summed E-state index contributed by atoms with van der Waals surface area (Å²) >= 11 is 0. The molecule has 0 aliphatic heterocycles. The van der Waals surface area contributed by atoms with Crippen molar-refractivity contribution < 1.29 is 0 Å². The quantitative estimate of drug-likeness (QED) is 0.412. The molecule has 0 aliphatic carbocycles. The molecule has 0 bridgehead atoms. The van der Waals surface area contributed by atoms with Crippen LogP contribution in [0.5, 0.6) is 0 Å². The maximum absolute atomic E-state index is 5.59. The Hall–Kier alpha value is -0.940. The van der Waals surface area contributed by atoms with Crippen molar-refractivity contribution in [2.45, 2.75) is 65.0 Å². The van der Waals surface area contributed by atoms with Crippen molar-refractivity contribution in [2.75, 3.05) is 0 Å². The number of hydrogen-bond acceptors (Lipinski definition) is 4. The molecule has 0 fully saturated rings. The Labute approximate surface area is 104 Å². The largest absolute Gasteiger partial charge is 0.271 e. The molecule has 0 spiro atoms. The highest BCUT2D eigenvalue weighted by molar-refractivity contribution is 4.90. The summed E-state index contributed by atoms with van der Waals surface area (Å²) in [5, 5.41) is 4.24. The van der Waals surface area contributed by atoms with E-state index in [-0.39, 0.29) is 0 Å². The van der Waals surface area contributed by atoms with Gasteiger partial charge in [-0.25, -0.2) is 9.67 Å². The van der Waals surface area contributed by atoms with Gasteiger partial charge in [-0.15, -0.1) is 0 Å². The van der Waals surface area contributed by atoms with Gasteiger partial charge in [-0.05, 0) is 20.3 Å². The molecule has 0 amide bonds. The molecule has 0 radical (unpaired) electrons. The zero-order valence-electron chi connectivity index (χ0n) is 11.2. The molecule has 0 saturated heterocycles. The third kappa shape index (κ3) is 4.44. The van der Waals surface area contributed by atoms with Gasteiger partial charge in [-0.1, -0.05) is 26.2 Å². The van der Waals surface area contributed by atoms with Crippen molar-refractivity contribution in [1.29, 1.82) is 0 Å². The minimum Gasteiger partial charge on any atom is -0.271 e. The van der Waals surface area contributed by atoms with Gasteiger partial charge in [0.2, 0.25) is 0 Å². The lowest BCUT2D eigenvalue weighted by Crippen LogP contribution is -2.37. The predicted molar refractivity (Wildman–Crippen MR) is 69.4 cm³/mol. The summed E-state index contributed by atoms with van der Waals surface area (Å²) in [4.78, 5) is 4.31. The van der Waals surface area contributed by atoms with Gasteiger partial charge in [-0.2, -0.15) is 5.10 Å². The fourth-order valence-corrected chi connectivity index (χ4v) is 1.96. The van der Waals surface area contributed by atoms with Crippen LogP contribution in [-0.4, -0.2) is 20.8 Å². The van der Waals surface area contributed by atoms with Crippen LogP contribution >= 0.6 is 0 Å². The Morgan fingerprint density at radius 1 is 1.41 bits per heavy atom. The van der Waals surface area contributed by atoms with Crippen LogP contribution in [0.15, 0.2) is 6.33 Å². The second-order valence-corrected chi connectivity index (χ2v) is 4.78. The highest BCUT2D eigenvalue weighted by Gasteiger charge is 2.13. The third-order valence-electron chi connectivity index (χ3n) is 2.96. The number of hydrazine groups is 1. The summed E-state index contributed by atoms with van der Waals surface area (Å²) in [5.74, 6) is 6.60. The van der Waals surface area contributed by atoms with Crippen LogP contribution < -0.4 is 11.3 Å². The minimum absolute atomic E-state index is 0.295. The SMILES string of the molecule is CCCCCC(Cc1ncnn1C(C)C)NN. The Balaban J connectivity index is 2.51. The highest BCUT2D eigenvalue weighted by atomic mass is 15.3. The molecule has 17 heavy (non-hydrogen) atoms. The Morgan fingerprint density at radius 2 is 2.18 bits per heavy atom. The van der Waals surface area contributed by atoms with Crippen LogP contribution in [0, 0.1) is 0 Å². The molecular weight excluding hydrogens is 214 g/mol. The number of aromatic nitrogens is 3. The van der Waals surface area contributed by atoms with E-state index >= 15 is 0 Å². The van der Waals surface area contributed by atoms with Crippen LogP contribution in [0.3, 0.4) is 0 Å². The predicted octanol–water partition coefficient (Wildman–Crippen LogP) is 1.81. The van der Waals surface area contributed by atoms with Crippen LogP contribution in [0.25, 0.3) is 0 Å². The number of unbranched alkanes of at least 4 members (excludes halogenated alkanes) is 2. The molecule has 1 aromatic rings. The van der Waals surface area contributed by atoms with Gasteiger partial charge in [0.1, 0.15) is 12.2 Å². The number of nitrogens with zero attached hydrogens (tertiary/aromatic N) is 3. The molecule has 1 aromatic heterocycles. The first-order valence-corrected chi connectivity index (χ1v) is 6.53. The van der Waals surface area contributed by atoms with E-state index in [4.69, 9.17) is 5.84 Å². The smallest absolute Gasteiger partial charge is 0.138 e. The molecule has 1 heterocycles. The first kappa shape index (κ1) is 14.1. The van der Waals surface area contributed by atoms with E-state index < -0.39 is 0 Å². The van der Waals surface area contributed by atoms with E-state index in [2.05, 4.69) is 36.3 Å². The average Bonchev–Trinajstić information content (AvgIpc) is 2.76. The first-order valence-electron chi connectivity index (χ1n) is 6.53. The van der Waals surface area contributed by atoms with Gasteiger partial charge in [0.05, 0.1) is 0 Å². The van der Waals surface area contributed by atoms with Crippen LogP contribution in [0.4, 0.5) is 0 Å². The number of nitrogens with one attached hydrogen (secondary N) is 1. The Kier molecular flexibility index (Phi) is 6.15. The fourth-order valence-electron chi connectivity index (χ4n) is 1.96. The van der Waals surface area contributed by atoms with Gasteiger partial charge in [-0.3, -0.25) is 11.3 Å². The minimum atomic E-state index is 0.295. The maximum Gasteiger partial charge on any atom is 0.138 e. The highest BCUT2D eigenvalue weighted by Crippen LogP contribution is 2.11. The van der Waals surface area contributed by atoms with E-state index in [9.17, 15) is 0 Å². The van der Waals surface area contributed by atoms with Crippen molar-refractivity contribution in [3.63, 3.8) is 0 Å². The first-order chi connectivity index (χ1) is 8.19. The van der Waals surface area contributed by atoms with Crippen molar-refractivity contribution in [1.82, 2.24) is 20.2 Å². The van der Waals surface area contributed by atoms with E-state index in [1.54, 1.807) is 6.33 Å². The van der Waals surface area contributed by atoms with Gasteiger partial charge >= 0.3 is 0 Å². The van der Waals surface area contributed by atoms with Crippen molar-refractivity contribution >= 4 is 0 Å². The van der Waals surface area contributed by atoms with Crippen LogP contribution in [0.2, 0.25) is 0 Å². The second-order valence-electron chi connectivity index (χ2n) is 4.78. The molecule has 98 valence electrons. The van der Waals surface area contributed by atoms with Crippen molar-refractivity contribution in [3.8, 4) is 0 Å². The molecule has 1 atom stereocenters. The van der Waals surface area contributed by atoms with Crippen molar-refractivity contribution in [3.05, 3.63) is 12.2 Å². The third-order valence-corrected chi connectivity index (χ3v) is 2.96. The van der Waals surface area contributed by atoms with Crippen LogP contribution in [-0.2, 0) is 6.42 Å². The lowest BCUT2D eigenvalue weighted by atomic mass is 10.1. The topological polar surface area (TPSA) is 68.8 Å². The van der Waals surface area contributed by atoms with E-state index in [1.165, 1.54) is 19.3 Å². The molecule has 5 heteroatoms. The Bertz CT molecular complexity index is 308.